The Balaban J connectivity index is 1.99. The van der Waals surface area contributed by atoms with Crippen LogP contribution in [0.5, 0.6) is 0 Å². The van der Waals surface area contributed by atoms with E-state index in [0.717, 1.165) is 18.4 Å². The number of benzene rings is 1. The number of amides is 2. The van der Waals surface area contributed by atoms with Crippen molar-refractivity contribution < 1.29 is 14.3 Å². The summed E-state index contributed by atoms with van der Waals surface area (Å²) in [5.74, 6) is -0.282. The average molecular weight is 309 g/mol. The molecule has 1 unspecified atom stereocenters. The van der Waals surface area contributed by atoms with Crippen molar-refractivity contribution in [1.29, 1.82) is 0 Å². The van der Waals surface area contributed by atoms with E-state index in [-0.39, 0.29) is 30.5 Å². The van der Waals surface area contributed by atoms with Crippen molar-refractivity contribution >= 4 is 6.03 Å². The molecular weight excluding hydrogens is 285 g/mol. The van der Waals surface area contributed by atoms with Gasteiger partial charge >= 0.3 is 6.03 Å². The van der Waals surface area contributed by atoms with Crippen molar-refractivity contribution in [3.05, 3.63) is 35.6 Å². The molecular formula is C16H24FN3O2. The number of halogens is 1. The SMILES string of the molecule is CN(C)C(CNC(=O)N1CCC[C@H]1CO)c1cccc(F)c1. The van der Waals surface area contributed by atoms with Crippen LogP contribution in [0.1, 0.15) is 24.4 Å². The molecule has 1 aliphatic heterocycles. The van der Waals surface area contributed by atoms with E-state index in [1.165, 1.54) is 12.1 Å². The van der Waals surface area contributed by atoms with Gasteiger partial charge in [0.15, 0.2) is 0 Å². The summed E-state index contributed by atoms with van der Waals surface area (Å²) in [6.45, 7) is 1.06. The van der Waals surface area contributed by atoms with Crippen LogP contribution in [0.2, 0.25) is 0 Å². The van der Waals surface area contributed by atoms with Crippen molar-refractivity contribution in [2.24, 2.45) is 0 Å². The van der Waals surface area contributed by atoms with Crippen molar-refractivity contribution in [2.45, 2.75) is 24.9 Å². The number of aliphatic hydroxyl groups excluding tert-OH is 1. The lowest BCUT2D eigenvalue weighted by molar-refractivity contribution is 0.154. The lowest BCUT2D eigenvalue weighted by Gasteiger charge is -2.28. The highest BCUT2D eigenvalue weighted by molar-refractivity contribution is 5.75. The Hall–Kier alpha value is -1.66. The molecule has 1 saturated heterocycles. The number of nitrogens with one attached hydrogen (secondary N) is 1. The van der Waals surface area contributed by atoms with E-state index in [1.54, 1.807) is 11.0 Å². The van der Waals surface area contributed by atoms with Gasteiger partial charge in [-0.2, -0.15) is 0 Å². The highest BCUT2D eigenvalue weighted by atomic mass is 19.1. The number of likely N-dealkylation sites (tertiary alicyclic amines) is 1. The van der Waals surface area contributed by atoms with Crippen LogP contribution in [-0.2, 0) is 0 Å². The first-order valence-corrected chi connectivity index (χ1v) is 7.60. The molecule has 0 radical (unpaired) electrons. The largest absolute Gasteiger partial charge is 0.394 e. The third kappa shape index (κ3) is 3.96. The topological polar surface area (TPSA) is 55.8 Å². The van der Waals surface area contributed by atoms with Crippen LogP contribution in [0.25, 0.3) is 0 Å². The van der Waals surface area contributed by atoms with Crippen molar-refractivity contribution in [1.82, 2.24) is 15.1 Å². The maximum absolute atomic E-state index is 13.4. The summed E-state index contributed by atoms with van der Waals surface area (Å²) < 4.78 is 13.4. The molecule has 1 heterocycles. The van der Waals surface area contributed by atoms with Gasteiger partial charge in [-0.1, -0.05) is 12.1 Å². The Kier molecular flexibility index (Phi) is 5.74. The summed E-state index contributed by atoms with van der Waals surface area (Å²) in [7, 11) is 3.79. The maximum atomic E-state index is 13.4. The fourth-order valence-electron chi connectivity index (χ4n) is 2.89. The molecule has 22 heavy (non-hydrogen) atoms. The van der Waals surface area contributed by atoms with Gasteiger partial charge < -0.3 is 20.2 Å². The summed E-state index contributed by atoms with van der Waals surface area (Å²) >= 11 is 0. The Morgan fingerprint density at radius 2 is 2.32 bits per heavy atom. The molecule has 0 aliphatic carbocycles. The first kappa shape index (κ1) is 16.7. The maximum Gasteiger partial charge on any atom is 0.317 e. The summed E-state index contributed by atoms with van der Waals surface area (Å²) in [6.07, 6.45) is 1.75. The smallest absolute Gasteiger partial charge is 0.317 e. The van der Waals surface area contributed by atoms with Gasteiger partial charge in [-0.05, 0) is 44.6 Å². The van der Waals surface area contributed by atoms with Crippen LogP contribution in [0, 0.1) is 5.82 Å². The van der Waals surface area contributed by atoms with Crippen LogP contribution in [0.3, 0.4) is 0 Å². The molecule has 6 heteroatoms. The molecule has 2 N–H and O–H groups in total. The molecule has 1 aliphatic rings. The lowest BCUT2D eigenvalue weighted by atomic mass is 10.1. The minimum atomic E-state index is -0.282. The van der Waals surface area contributed by atoms with Gasteiger partial charge in [-0.3, -0.25) is 0 Å². The van der Waals surface area contributed by atoms with E-state index >= 15 is 0 Å². The fourth-order valence-corrected chi connectivity index (χ4v) is 2.89. The zero-order chi connectivity index (χ0) is 16.1. The van der Waals surface area contributed by atoms with Crippen molar-refractivity contribution in [2.75, 3.05) is 33.8 Å². The molecule has 5 nitrogen and oxygen atoms in total. The van der Waals surface area contributed by atoms with Crippen molar-refractivity contribution in [3.63, 3.8) is 0 Å². The summed E-state index contributed by atoms with van der Waals surface area (Å²) in [6, 6.07) is 6.06. The minimum absolute atomic E-state index is 0.00553. The number of likely N-dealkylation sites (N-methyl/N-ethyl adjacent to an activating group) is 1. The monoisotopic (exact) mass is 309 g/mol. The van der Waals surface area contributed by atoms with E-state index in [9.17, 15) is 14.3 Å². The van der Waals surface area contributed by atoms with Gasteiger partial charge in [0.05, 0.1) is 18.7 Å². The third-order valence-electron chi connectivity index (χ3n) is 4.15. The number of rotatable bonds is 5. The second-order valence-electron chi connectivity index (χ2n) is 5.89. The zero-order valence-corrected chi connectivity index (χ0v) is 13.1. The van der Waals surface area contributed by atoms with Gasteiger partial charge in [-0.15, -0.1) is 0 Å². The van der Waals surface area contributed by atoms with E-state index < -0.39 is 0 Å². The molecule has 2 rings (SSSR count). The molecule has 0 saturated carbocycles. The number of urea groups is 1. The number of hydrogen-bond acceptors (Lipinski definition) is 3. The fraction of sp³-hybridized carbons (Fsp3) is 0.562. The standard InChI is InChI=1S/C16H24FN3O2/c1-19(2)15(12-5-3-6-13(17)9-12)10-18-16(22)20-8-4-7-14(20)11-21/h3,5-6,9,14-15,21H,4,7-8,10-11H2,1-2H3,(H,18,22)/t14-,15?/m0/s1. The van der Waals surface area contributed by atoms with Gasteiger partial charge in [0.1, 0.15) is 5.82 Å². The van der Waals surface area contributed by atoms with Gasteiger partial charge in [0, 0.05) is 13.1 Å². The predicted octanol–water partition coefficient (Wildman–Crippen LogP) is 1.59. The van der Waals surface area contributed by atoms with Crippen LogP contribution in [0.15, 0.2) is 24.3 Å². The van der Waals surface area contributed by atoms with Crippen LogP contribution >= 0.6 is 0 Å². The lowest BCUT2D eigenvalue weighted by Crippen LogP contribution is -2.46. The molecule has 0 bridgehead atoms. The van der Waals surface area contributed by atoms with E-state index in [1.807, 2.05) is 25.1 Å². The third-order valence-corrected chi connectivity index (χ3v) is 4.15. The predicted molar refractivity (Wildman–Crippen MR) is 83.0 cm³/mol. The second-order valence-corrected chi connectivity index (χ2v) is 5.89. The highest BCUT2D eigenvalue weighted by Crippen LogP contribution is 2.20. The number of aliphatic hydroxyl groups is 1. The Labute approximate surface area is 130 Å². The van der Waals surface area contributed by atoms with E-state index in [2.05, 4.69) is 5.32 Å². The van der Waals surface area contributed by atoms with Crippen LogP contribution in [-0.4, -0.2) is 60.8 Å². The zero-order valence-electron chi connectivity index (χ0n) is 13.1. The number of carbonyl (C=O) groups is 1. The normalized spacial score (nSPS) is 19.5. The van der Waals surface area contributed by atoms with E-state index in [0.29, 0.717) is 13.1 Å². The van der Waals surface area contributed by atoms with Gasteiger partial charge in [0.25, 0.3) is 0 Å². The average Bonchev–Trinajstić information content (AvgIpc) is 2.95. The molecule has 1 aromatic rings. The first-order valence-electron chi connectivity index (χ1n) is 7.60. The quantitative estimate of drug-likeness (QED) is 0.868. The Morgan fingerprint density at radius 3 is 2.95 bits per heavy atom. The van der Waals surface area contributed by atoms with Gasteiger partial charge in [-0.25, -0.2) is 9.18 Å². The first-order chi connectivity index (χ1) is 10.5. The van der Waals surface area contributed by atoms with E-state index in [4.69, 9.17) is 0 Å². The molecule has 0 aromatic heterocycles. The summed E-state index contributed by atoms with van der Waals surface area (Å²) in [5, 5.41) is 12.2. The van der Waals surface area contributed by atoms with Crippen LogP contribution in [0.4, 0.5) is 9.18 Å². The second kappa shape index (κ2) is 7.56. The highest BCUT2D eigenvalue weighted by Gasteiger charge is 2.28. The molecule has 1 aromatic carbocycles. The summed E-state index contributed by atoms with van der Waals surface area (Å²) in [4.78, 5) is 15.9. The minimum Gasteiger partial charge on any atom is -0.394 e. The molecule has 122 valence electrons. The van der Waals surface area contributed by atoms with Gasteiger partial charge in [0.2, 0.25) is 0 Å². The Bertz CT molecular complexity index is 510. The molecule has 2 amide bonds. The number of hydrogen-bond donors (Lipinski definition) is 2. The van der Waals surface area contributed by atoms with Crippen molar-refractivity contribution in [3.8, 4) is 0 Å². The molecule has 2 atom stereocenters. The summed E-state index contributed by atoms with van der Waals surface area (Å²) in [5.41, 5.74) is 0.824. The van der Waals surface area contributed by atoms with Crippen LogP contribution < -0.4 is 5.32 Å². The number of nitrogens with zero attached hydrogens (tertiary/aromatic N) is 2. The Morgan fingerprint density at radius 1 is 1.55 bits per heavy atom. The molecule has 1 fully saturated rings. The number of carbonyl (C=O) groups excluding carboxylic acids is 1. The molecule has 0 spiro atoms.